The van der Waals surface area contributed by atoms with Crippen molar-refractivity contribution in [1.82, 2.24) is 20.1 Å². The van der Waals surface area contributed by atoms with Crippen LogP contribution in [0, 0.1) is 11.3 Å². The van der Waals surface area contributed by atoms with E-state index in [1.807, 2.05) is 5.51 Å². The van der Waals surface area contributed by atoms with E-state index in [4.69, 9.17) is 5.26 Å². The lowest BCUT2D eigenvalue weighted by Gasteiger charge is -2.40. The molecule has 0 radical (unpaired) electrons. The number of nitrogens with zero attached hydrogens (tertiary/aromatic N) is 4. The zero-order chi connectivity index (χ0) is 22.3. The highest BCUT2D eigenvalue weighted by atomic mass is 32.1. The molecule has 32 heavy (non-hydrogen) atoms. The van der Waals surface area contributed by atoms with Crippen LogP contribution in [0.5, 0.6) is 0 Å². The molecule has 0 aliphatic carbocycles. The summed E-state index contributed by atoms with van der Waals surface area (Å²) >= 11 is 1.64. The number of nitrogens with one attached hydrogen (secondary N) is 1. The first-order chi connectivity index (χ1) is 15.5. The van der Waals surface area contributed by atoms with Crippen molar-refractivity contribution < 1.29 is 9.59 Å². The van der Waals surface area contributed by atoms with Gasteiger partial charge in [-0.2, -0.15) is 5.26 Å². The van der Waals surface area contributed by atoms with Crippen LogP contribution < -0.4 is 5.32 Å². The Morgan fingerprint density at radius 1 is 1.19 bits per heavy atom. The first-order valence-corrected chi connectivity index (χ1v) is 11.6. The third-order valence-corrected chi connectivity index (χ3v) is 7.52. The zero-order valence-electron chi connectivity index (χ0n) is 17.7. The van der Waals surface area contributed by atoms with Crippen molar-refractivity contribution in [3.63, 3.8) is 0 Å². The molecule has 0 bridgehead atoms. The van der Waals surface area contributed by atoms with Crippen molar-refractivity contribution in [1.29, 1.82) is 5.26 Å². The molecule has 2 aliphatic rings. The van der Waals surface area contributed by atoms with Crippen molar-refractivity contribution >= 4 is 33.5 Å². The van der Waals surface area contributed by atoms with E-state index in [1.165, 1.54) is 15.2 Å². The Hall–Kier alpha value is -3.28. The van der Waals surface area contributed by atoms with E-state index in [-0.39, 0.29) is 24.5 Å². The van der Waals surface area contributed by atoms with Crippen LogP contribution in [0.25, 0.3) is 10.2 Å². The number of urea groups is 1. The van der Waals surface area contributed by atoms with Gasteiger partial charge in [0.15, 0.2) is 0 Å². The van der Waals surface area contributed by atoms with Crippen molar-refractivity contribution in [2.45, 2.75) is 37.9 Å². The lowest BCUT2D eigenvalue weighted by molar-refractivity contribution is -0.133. The van der Waals surface area contributed by atoms with E-state index in [1.54, 1.807) is 35.6 Å². The summed E-state index contributed by atoms with van der Waals surface area (Å²) in [6.07, 6.45) is 1.18. The van der Waals surface area contributed by atoms with E-state index < -0.39 is 5.54 Å². The number of likely N-dealkylation sites (tertiary alicyclic amines) is 1. The van der Waals surface area contributed by atoms with Crippen LogP contribution >= 0.6 is 11.3 Å². The Labute approximate surface area is 190 Å². The number of benzene rings is 2. The smallest absolute Gasteiger partial charge is 0.323 e. The van der Waals surface area contributed by atoms with Gasteiger partial charge in [0.05, 0.1) is 33.9 Å². The van der Waals surface area contributed by atoms with Crippen LogP contribution in [0.3, 0.4) is 0 Å². The quantitative estimate of drug-likeness (QED) is 0.617. The molecule has 1 spiro atoms. The van der Waals surface area contributed by atoms with Crippen molar-refractivity contribution in [2.24, 2.45) is 0 Å². The van der Waals surface area contributed by atoms with E-state index in [9.17, 15) is 9.59 Å². The van der Waals surface area contributed by atoms with Gasteiger partial charge in [0, 0.05) is 19.1 Å². The summed E-state index contributed by atoms with van der Waals surface area (Å²) in [6, 6.07) is 15.3. The number of fused-ring (bicyclic) bond motifs is 1. The summed E-state index contributed by atoms with van der Waals surface area (Å²) in [5, 5.41) is 11.9. The summed E-state index contributed by atoms with van der Waals surface area (Å²) in [7, 11) is 0. The van der Waals surface area contributed by atoms with E-state index >= 15 is 0 Å². The number of thiazole rings is 1. The largest absolute Gasteiger partial charge is 0.325 e. The van der Waals surface area contributed by atoms with Gasteiger partial charge in [-0.3, -0.25) is 14.6 Å². The predicted octanol–water partition coefficient (Wildman–Crippen LogP) is 3.82. The third-order valence-electron chi connectivity index (χ3n) is 6.71. The molecule has 1 aromatic heterocycles. The van der Waals surface area contributed by atoms with Gasteiger partial charge in [-0.1, -0.05) is 18.2 Å². The van der Waals surface area contributed by atoms with Gasteiger partial charge in [-0.05, 0) is 55.2 Å². The topological polar surface area (TPSA) is 89.3 Å². The minimum Gasteiger partial charge on any atom is -0.323 e. The number of carbonyl (C=O) groups is 2. The van der Waals surface area contributed by atoms with Gasteiger partial charge in [-0.15, -0.1) is 11.3 Å². The van der Waals surface area contributed by atoms with Gasteiger partial charge >= 0.3 is 6.03 Å². The van der Waals surface area contributed by atoms with Crippen LogP contribution in [0.4, 0.5) is 4.79 Å². The van der Waals surface area contributed by atoms with E-state index in [0.29, 0.717) is 18.4 Å². The second kappa shape index (κ2) is 8.01. The van der Waals surface area contributed by atoms with Crippen molar-refractivity contribution in [3.05, 3.63) is 64.7 Å². The number of imide groups is 1. The molecular weight excluding hydrogens is 422 g/mol. The monoisotopic (exact) mass is 445 g/mol. The molecule has 2 saturated heterocycles. The van der Waals surface area contributed by atoms with Crippen molar-refractivity contribution in [3.8, 4) is 6.07 Å². The SMILES string of the molecule is CC(c1ccc2scnc2c1)N1CCC2(CC1)NC(=O)N(Cc1ccc(C#N)cc1)C2=O. The summed E-state index contributed by atoms with van der Waals surface area (Å²) in [5.41, 5.74) is 4.65. The molecule has 7 nitrogen and oxygen atoms in total. The summed E-state index contributed by atoms with van der Waals surface area (Å²) < 4.78 is 1.18. The summed E-state index contributed by atoms with van der Waals surface area (Å²) in [5.74, 6) is -0.150. The van der Waals surface area contributed by atoms with Crippen LogP contribution in [0.1, 0.15) is 42.5 Å². The third kappa shape index (κ3) is 3.53. The molecule has 2 aromatic carbocycles. The first kappa shape index (κ1) is 20.6. The number of hydrogen-bond acceptors (Lipinski definition) is 6. The second-order valence-corrected chi connectivity index (χ2v) is 9.39. The average molecular weight is 446 g/mol. The van der Waals surface area contributed by atoms with Gasteiger partial charge in [-0.25, -0.2) is 9.78 Å². The molecule has 8 heteroatoms. The Kier molecular flexibility index (Phi) is 5.16. The van der Waals surface area contributed by atoms with Crippen molar-refractivity contribution in [2.75, 3.05) is 13.1 Å². The van der Waals surface area contributed by atoms with Gasteiger partial charge in [0.1, 0.15) is 5.54 Å². The molecule has 5 rings (SSSR count). The molecule has 3 heterocycles. The number of nitriles is 1. The minimum absolute atomic E-state index is 0.150. The van der Waals surface area contributed by atoms with Crippen LogP contribution in [-0.2, 0) is 11.3 Å². The van der Waals surface area contributed by atoms with Gasteiger partial charge < -0.3 is 5.32 Å². The molecule has 162 valence electrons. The van der Waals surface area contributed by atoms with Gasteiger partial charge in [0.25, 0.3) is 5.91 Å². The molecule has 2 fully saturated rings. The fourth-order valence-electron chi connectivity index (χ4n) is 4.66. The van der Waals surface area contributed by atoms with Gasteiger partial charge in [0.2, 0.25) is 0 Å². The predicted molar refractivity (Wildman–Crippen MR) is 122 cm³/mol. The maximum Gasteiger partial charge on any atom is 0.325 e. The fraction of sp³-hybridized carbons (Fsp3) is 0.333. The Morgan fingerprint density at radius 3 is 2.66 bits per heavy atom. The molecular formula is C24H23N5O2S. The Balaban J connectivity index is 1.26. The lowest BCUT2D eigenvalue weighted by atomic mass is 9.86. The number of hydrogen-bond donors (Lipinski definition) is 1. The van der Waals surface area contributed by atoms with Crippen LogP contribution in [0.2, 0.25) is 0 Å². The normalized spacial score (nSPS) is 19.3. The molecule has 1 atom stereocenters. The average Bonchev–Trinajstić information content (AvgIpc) is 3.38. The molecule has 2 aliphatic heterocycles. The second-order valence-electron chi connectivity index (χ2n) is 8.50. The Bertz CT molecular complexity index is 1220. The highest BCUT2D eigenvalue weighted by Crippen LogP contribution is 2.34. The van der Waals surface area contributed by atoms with Crippen LogP contribution in [0.15, 0.2) is 48.0 Å². The zero-order valence-corrected chi connectivity index (χ0v) is 18.6. The number of carbonyl (C=O) groups excluding carboxylic acids is 2. The minimum atomic E-state index is -0.821. The van der Waals surface area contributed by atoms with E-state index in [2.05, 4.69) is 46.4 Å². The summed E-state index contributed by atoms with van der Waals surface area (Å²) in [4.78, 5) is 34.0. The molecule has 3 aromatic rings. The molecule has 1 unspecified atom stereocenters. The maximum absolute atomic E-state index is 13.2. The number of aromatic nitrogens is 1. The summed E-state index contributed by atoms with van der Waals surface area (Å²) in [6.45, 7) is 3.85. The number of piperidine rings is 1. The lowest BCUT2D eigenvalue weighted by Crippen LogP contribution is -2.55. The molecule has 3 amide bonds. The number of rotatable bonds is 4. The molecule has 1 N–H and O–H groups in total. The first-order valence-electron chi connectivity index (χ1n) is 10.7. The highest BCUT2D eigenvalue weighted by Gasteiger charge is 2.52. The highest BCUT2D eigenvalue weighted by molar-refractivity contribution is 7.16. The molecule has 0 saturated carbocycles. The van der Waals surface area contributed by atoms with Crippen LogP contribution in [-0.4, -0.2) is 45.4 Å². The van der Waals surface area contributed by atoms with E-state index in [0.717, 1.165) is 24.2 Å². The Morgan fingerprint density at radius 2 is 1.94 bits per heavy atom. The maximum atomic E-state index is 13.2. The standard InChI is InChI=1S/C24H23N5O2S/c1-16(19-6-7-21-20(12-19)26-15-32-21)28-10-8-24(9-11-28)22(30)29(23(31)27-24)14-18-4-2-17(13-25)3-5-18/h2-7,12,15-16H,8-11,14H2,1H3,(H,27,31). The number of amides is 3. The fourth-order valence-corrected chi connectivity index (χ4v) is 5.32.